The van der Waals surface area contributed by atoms with Crippen LogP contribution in [0.3, 0.4) is 0 Å². The first-order valence-electron chi connectivity index (χ1n) is 13.6. The van der Waals surface area contributed by atoms with Crippen LogP contribution in [0.25, 0.3) is 0 Å². The summed E-state index contributed by atoms with van der Waals surface area (Å²) < 4.78 is 0. The summed E-state index contributed by atoms with van der Waals surface area (Å²) in [7, 11) is 0. The van der Waals surface area contributed by atoms with Crippen molar-refractivity contribution < 1.29 is 19.2 Å². The van der Waals surface area contributed by atoms with Crippen molar-refractivity contribution in [3.63, 3.8) is 0 Å². The quantitative estimate of drug-likeness (QED) is 0.250. The van der Waals surface area contributed by atoms with E-state index in [1.807, 2.05) is 21.9 Å². The summed E-state index contributed by atoms with van der Waals surface area (Å²) in [6.07, 6.45) is 0. The Morgan fingerprint density at radius 1 is 0.581 bits per heavy atom. The molecule has 0 spiro atoms. The van der Waals surface area contributed by atoms with Gasteiger partial charge in [-0.2, -0.15) is 0 Å². The Balaban J connectivity index is 1.19. The zero-order valence-corrected chi connectivity index (χ0v) is 24.5. The Morgan fingerprint density at radius 2 is 0.977 bits per heavy atom. The van der Waals surface area contributed by atoms with Gasteiger partial charge in [-0.15, -0.1) is 0 Å². The minimum absolute atomic E-state index is 0.116. The van der Waals surface area contributed by atoms with Gasteiger partial charge in [0.1, 0.15) is 0 Å². The van der Waals surface area contributed by atoms with Crippen LogP contribution in [0.1, 0.15) is 31.8 Å². The molecule has 0 saturated carbocycles. The van der Waals surface area contributed by atoms with E-state index < -0.39 is 0 Å². The van der Waals surface area contributed by atoms with Gasteiger partial charge in [-0.05, 0) is 36.4 Å². The van der Waals surface area contributed by atoms with Crippen LogP contribution in [0.2, 0.25) is 10.0 Å². The monoisotopic (exact) mass is 612 g/mol. The second-order valence-corrected chi connectivity index (χ2v) is 11.3. The summed E-state index contributed by atoms with van der Waals surface area (Å²) in [5.74, 6) is -0.789. The molecule has 43 heavy (non-hydrogen) atoms. The first-order valence-corrected chi connectivity index (χ1v) is 14.4. The molecule has 0 aromatic heterocycles. The predicted molar refractivity (Wildman–Crippen MR) is 166 cm³/mol. The standard InChI is InChI=1S/C33H26Cl2N4O4/c34-24-11-13-28(26(15-24)32(42)22-7-3-1-4-8-22)38-20-36(17-30(38)40)19-37-18-31(41)39(21-37)29-14-12-25(35)16-27(29)33(43)23-9-5-2-6-10-23/h1-16H,17-21H2. The fourth-order valence-corrected chi connectivity index (χ4v) is 5.79. The van der Waals surface area contributed by atoms with Gasteiger partial charge < -0.3 is 0 Å². The Labute approximate surface area is 258 Å². The lowest BCUT2D eigenvalue weighted by Gasteiger charge is -2.25. The topological polar surface area (TPSA) is 81.2 Å². The summed E-state index contributed by atoms with van der Waals surface area (Å²) in [5, 5.41) is 0.795. The van der Waals surface area contributed by atoms with E-state index in [1.165, 1.54) is 0 Å². The molecule has 10 heteroatoms. The molecule has 0 aliphatic carbocycles. The third kappa shape index (κ3) is 5.96. The van der Waals surface area contributed by atoms with Crippen molar-refractivity contribution in [3.8, 4) is 0 Å². The number of hydrogen-bond donors (Lipinski definition) is 0. The maximum Gasteiger partial charge on any atom is 0.242 e. The van der Waals surface area contributed by atoms with Gasteiger partial charge in [-0.25, -0.2) is 0 Å². The smallest absolute Gasteiger partial charge is 0.242 e. The van der Waals surface area contributed by atoms with Gasteiger partial charge in [-0.1, -0.05) is 83.9 Å². The summed E-state index contributed by atoms with van der Waals surface area (Å²) in [5.41, 5.74) is 2.64. The lowest BCUT2D eigenvalue weighted by molar-refractivity contribution is -0.117. The van der Waals surface area contributed by atoms with Crippen molar-refractivity contribution in [1.82, 2.24) is 9.80 Å². The van der Waals surface area contributed by atoms with Gasteiger partial charge in [0.25, 0.3) is 0 Å². The molecule has 2 aliphatic rings. The molecule has 2 saturated heterocycles. The molecule has 2 heterocycles. The van der Waals surface area contributed by atoms with Crippen molar-refractivity contribution in [3.05, 3.63) is 129 Å². The Kier molecular flexibility index (Phi) is 8.10. The molecular weight excluding hydrogens is 587 g/mol. The molecule has 4 aromatic carbocycles. The van der Waals surface area contributed by atoms with E-state index >= 15 is 0 Å². The van der Waals surface area contributed by atoms with Gasteiger partial charge >= 0.3 is 0 Å². The van der Waals surface area contributed by atoms with E-state index in [1.54, 1.807) is 94.7 Å². The van der Waals surface area contributed by atoms with Crippen molar-refractivity contribution in [2.24, 2.45) is 0 Å². The largest absolute Gasteiger partial charge is 0.297 e. The zero-order chi connectivity index (χ0) is 30.1. The molecule has 0 atom stereocenters. The Bertz CT molecular complexity index is 1600. The van der Waals surface area contributed by atoms with Crippen LogP contribution in [-0.4, -0.2) is 66.3 Å². The Morgan fingerprint density at radius 3 is 1.37 bits per heavy atom. The maximum absolute atomic E-state index is 13.3. The highest BCUT2D eigenvalue weighted by molar-refractivity contribution is 6.32. The minimum atomic E-state index is -0.228. The molecular formula is C33H26Cl2N4O4. The number of nitrogens with zero attached hydrogens (tertiary/aromatic N) is 4. The minimum Gasteiger partial charge on any atom is -0.297 e. The van der Waals surface area contributed by atoms with E-state index in [2.05, 4.69) is 0 Å². The van der Waals surface area contributed by atoms with Gasteiger partial charge in [0.15, 0.2) is 11.6 Å². The fraction of sp³-hybridized carbons (Fsp3) is 0.152. The van der Waals surface area contributed by atoms with E-state index in [-0.39, 0.29) is 49.8 Å². The van der Waals surface area contributed by atoms with Gasteiger partial charge in [0.05, 0.1) is 44.5 Å². The third-order valence-electron chi connectivity index (χ3n) is 7.46. The van der Waals surface area contributed by atoms with E-state index in [4.69, 9.17) is 23.2 Å². The van der Waals surface area contributed by atoms with Crippen LogP contribution in [0.15, 0.2) is 97.1 Å². The molecule has 6 rings (SSSR count). The molecule has 8 nitrogen and oxygen atoms in total. The number of amides is 2. The first kappa shape index (κ1) is 28.8. The summed E-state index contributed by atoms with van der Waals surface area (Å²) in [6, 6.07) is 27.5. The number of anilines is 2. The molecule has 2 amide bonds. The lowest BCUT2D eigenvalue weighted by Crippen LogP contribution is -2.37. The zero-order valence-electron chi connectivity index (χ0n) is 23.0. The third-order valence-corrected chi connectivity index (χ3v) is 7.93. The van der Waals surface area contributed by atoms with E-state index in [0.717, 1.165) is 0 Å². The highest BCUT2D eigenvalue weighted by Crippen LogP contribution is 2.31. The van der Waals surface area contributed by atoms with Crippen LogP contribution in [-0.2, 0) is 9.59 Å². The van der Waals surface area contributed by atoms with Gasteiger partial charge in [0, 0.05) is 32.3 Å². The lowest BCUT2D eigenvalue weighted by atomic mass is 10.0. The molecule has 2 aliphatic heterocycles. The summed E-state index contributed by atoms with van der Waals surface area (Å²) >= 11 is 12.5. The number of halogens is 2. The van der Waals surface area contributed by atoms with Gasteiger partial charge in [-0.3, -0.25) is 38.8 Å². The molecule has 4 aromatic rings. The van der Waals surface area contributed by atoms with E-state index in [9.17, 15) is 19.2 Å². The van der Waals surface area contributed by atoms with Crippen LogP contribution < -0.4 is 9.80 Å². The maximum atomic E-state index is 13.3. The molecule has 0 unspecified atom stereocenters. The highest BCUT2D eigenvalue weighted by Gasteiger charge is 2.36. The number of ketones is 2. The second-order valence-electron chi connectivity index (χ2n) is 10.4. The first-order chi connectivity index (χ1) is 20.8. The highest BCUT2D eigenvalue weighted by atomic mass is 35.5. The average molecular weight is 614 g/mol. The Hall–Kier alpha value is -4.34. The molecule has 2 fully saturated rings. The average Bonchev–Trinajstić information content (AvgIpc) is 3.57. The van der Waals surface area contributed by atoms with Crippen LogP contribution in [0, 0.1) is 0 Å². The number of rotatable bonds is 8. The summed E-state index contributed by atoms with van der Waals surface area (Å²) in [4.78, 5) is 60.0. The van der Waals surface area contributed by atoms with Gasteiger partial charge in [0.2, 0.25) is 11.8 Å². The SMILES string of the molecule is O=C(c1ccccc1)c1cc(Cl)ccc1N1CN(CN2CC(=O)N(c3ccc(Cl)cc3C(=O)c3ccccc3)C2)CC1=O. The molecule has 0 radical (unpaired) electrons. The van der Waals surface area contributed by atoms with Crippen molar-refractivity contribution in [2.45, 2.75) is 0 Å². The molecule has 0 bridgehead atoms. The normalized spacial score (nSPS) is 15.9. The van der Waals surface area contributed by atoms with Crippen LogP contribution >= 0.6 is 23.2 Å². The van der Waals surface area contributed by atoms with Crippen molar-refractivity contribution in [2.75, 3.05) is 42.9 Å². The van der Waals surface area contributed by atoms with Crippen molar-refractivity contribution >= 4 is 58.0 Å². The fourth-order valence-electron chi connectivity index (χ4n) is 5.45. The van der Waals surface area contributed by atoms with E-state index in [0.29, 0.717) is 50.3 Å². The summed E-state index contributed by atoms with van der Waals surface area (Å²) in [6.45, 7) is 1.03. The number of carbonyl (C=O) groups is 4. The van der Waals surface area contributed by atoms with Crippen molar-refractivity contribution in [1.29, 1.82) is 0 Å². The van der Waals surface area contributed by atoms with Crippen LogP contribution in [0.4, 0.5) is 11.4 Å². The number of benzene rings is 4. The second kappa shape index (κ2) is 12.1. The van der Waals surface area contributed by atoms with Crippen LogP contribution in [0.5, 0.6) is 0 Å². The molecule has 216 valence electrons. The number of carbonyl (C=O) groups excluding carboxylic acids is 4. The molecule has 0 N–H and O–H groups in total. The number of hydrogen-bond acceptors (Lipinski definition) is 6. The predicted octanol–water partition coefficient (Wildman–Crippen LogP) is 5.33.